The van der Waals surface area contributed by atoms with Gasteiger partial charge in [0, 0.05) is 5.90 Å². The van der Waals surface area contributed by atoms with E-state index in [2.05, 4.69) is 36.2 Å². The third-order valence-corrected chi connectivity index (χ3v) is 2.59. The number of hydrogen-bond donors (Lipinski definition) is 0. The molecule has 0 fully saturated rings. The second-order valence-electron chi connectivity index (χ2n) is 6.01. The highest BCUT2D eigenvalue weighted by molar-refractivity contribution is 5.85. The second kappa shape index (κ2) is 8.02. The Morgan fingerprint density at radius 1 is 1.20 bits per heavy atom. The van der Waals surface area contributed by atoms with Gasteiger partial charge in [0.15, 0.2) is 0 Å². The topological polar surface area (TPSA) is 47.8 Å². The summed E-state index contributed by atoms with van der Waals surface area (Å²) in [4.78, 5) is 0. The van der Waals surface area contributed by atoms with Gasteiger partial charge in [0.1, 0.15) is 6.54 Å². The van der Waals surface area contributed by atoms with Crippen LogP contribution in [0.25, 0.3) is 0 Å². The average molecular weight is 298 g/mol. The Kier molecular flexibility index (Phi) is 7.46. The van der Waals surface area contributed by atoms with Crippen molar-refractivity contribution in [3.05, 3.63) is 35.4 Å². The van der Waals surface area contributed by atoms with Crippen LogP contribution >= 0.6 is 12.4 Å². The maximum absolute atomic E-state index is 11.5. The summed E-state index contributed by atoms with van der Waals surface area (Å²) >= 11 is 0. The van der Waals surface area contributed by atoms with Crippen molar-refractivity contribution in [3.63, 3.8) is 0 Å². The maximum atomic E-state index is 11.5. The summed E-state index contributed by atoms with van der Waals surface area (Å²) in [5.41, 5.74) is 2.24. The quantitative estimate of drug-likeness (QED) is 0.355. The summed E-state index contributed by atoms with van der Waals surface area (Å²) in [6, 6.07) is 8.11. The molecule has 0 aliphatic heterocycles. The van der Waals surface area contributed by atoms with Crippen LogP contribution < -0.4 is 5.11 Å². The van der Waals surface area contributed by atoms with Crippen LogP contribution in [0.3, 0.4) is 0 Å². The third-order valence-electron chi connectivity index (χ3n) is 2.59. The van der Waals surface area contributed by atoms with Crippen LogP contribution in [0.2, 0.25) is 0 Å². The summed E-state index contributed by atoms with van der Waals surface area (Å²) in [7, 11) is 5.84. The van der Waals surface area contributed by atoms with E-state index in [1.807, 2.05) is 33.3 Å². The van der Waals surface area contributed by atoms with E-state index in [0.29, 0.717) is 16.9 Å². The van der Waals surface area contributed by atoms with Crippen molar-refractivity contribution >= 4 is 24.5 Å². The molecule has 0 spiro atoms. The van der Waals surface area contributed by atoms with Crippen LogP contribution in [0.4, 0.5) is 0 Å². The van der Waals surface area contributed by atoms with Gasteiger partial charge in [0.25, 0.3) is 0 Å². The third kappa shape index (κ3) is 7.26. The number of hydrogen-bond acceptors (Lipinski definition) is 3. The van der Waals surface area contributed by atoms with Crippen molar-refractivity contribution in [1.82, 2.24) is 0 Å². The molecule has 0 saturated carbocycles. The van der Waals surface area contributed by atoms with Crippen LogP contribution in [0.1, 0.15) is 30.9 Å². The van der Waals surface area contributed by atoms with Gasteiger partial charge in [-0.1, -0.05) is 38.1 Å². The van der Waals surface area contributed by atoms with Crippen molar-refractivity contribution in [2.45, 2.75) is 19.8 Å². The molecule has 20 heavy (non-hydrogen) atoms. The van der Waals surface area contributed by atoms with Crippen molar-refractivity contribution < 1.29 is 9.59 Å². The van der Waals surface area contributed by atoms with E-state index in [-0.39, 0.29) is 18.3 Å². The van der Waals surface area contributed by atoms with E-state index in [4.69, 9.17) is 0 Å². The summed E-state index contributed by atoms with van der Waals surface area (Å²) in [6.07, 6.45) is 1.61. The standard InChI is InChI=1S/C15H23N3O.ClH/c1-12(2)14-8-6-13(7-9-14)10-16-17-15(19)11-18(3,4)5;/h6-10,12H,11H2,1-5H3;1H. The Balaban J connectivity index is 0.00000361. The fourth-order valence-electron chi connectivity index (χ4n) is 1.56. The first-order valence-electron chi connectivity index (χ1n) is 6.45. The molecule has 0 aliphatic carbocycles. The number of likely N-dealkylation sites (N-methyl/N-ethyl adjacent to an activating group) is 1. The van der Waals surface area contributed by atoms with E-state index in [0.717, 1.165) is 5.56 Å². The molecule has 0 aliphatic rings. The monoisotopic (exact) mass is 297 g/mol. The van der Waals surface area contributed by atoms with Gasteiger partial charge in [-0.3, -0.25) is 0 Å². The molecule has 0 amide bonds. The van der Waals surface area contributed by atoms with Crippen LogP contribution in [0, 0.1) is 0 Å². The first kappa shape index (κ1) is 18.6. The Morgan fingerprint density at radius 2 is 1.75 bits per heavy atom. The maximum Gasteiger partial charge on any atom is 0.109 e. The number of nitrogens with zero attached hydrogens (tertiary/aromatic N) is 3. The predicted octanol–water partition coefficient (Wildman–Crippen LogP) is 2.03. The zero-order valence-corrected chi connectivity index (χ0v) is 13.6. The number of benzene rings is 1. The minimum absolute atomic E-state index is 0. The molecule has 0 aromatic heterocycles. The van der Waals surface area contributed by atoms with Gasteiger partial charge in [-0.2, -0.15) is 10.2 Å². The Hall–Kier alpha value is -1.39. The Morgan fingerprint density at radius 3 is 2.20 bits per heavy atom. The van der Waals surface area contributed by atoms with Crippen molar-refractivity contribution in [2.24, 2.45) is 10.2 Å². The minimum atomic E-state index is -0.206. The summed E-state index contributed by atoms with van der Waals surface area (Å²) in [5.74, 6) is 0.310. The minimum Gasteiger partial charge on any atom is -0.857 e. The van der Waals surface area contributed by atoms with Crippen molar-refractivity contribution in [3.8, 4) is 0 Å². The van der Waals surface area contributed by atoms with E-state index in [1.54, 1.807) is 6.21 Å². The predicted molar refractivity (Wildman–Crippen MR) is 85.7 cm³/mol. The summed E-state index contributed by atoms with van der Waals surface area (Å²) in [5, 5.41) is 19.0. The first-order chi connectivity index (χ1) is 8.78. The Bertz CT molecular complexity index is 459. The van der Waals surface area contributed by atoms with Gasteiger partial charge >= 0.3 is 0 Å². The van der Waals surface area contributed by atoms with Crippen LogP contribution in [-0.2, 0) is 0 Å². The lowest BCUT2D eigenvalue weighted by Crippen LogP contribution is -2.43. The highest BCUT2D eigenvalue weighted by Crippen LogP contribution is 2.13. The molecular weight excluding hydrogens is 274 g/mol. The zero-order valence-electron chi connectivity index (χ0n) is 12.8. The molecular formula is C15H24ClN3O. The molecule has 0 heterocycles. The molecule has 0 radical (unpaired) electrons. The van der Waals surface area contributed by atoms with Crippen molar-refractivity contribution in [1.29, 1.82) is 0 Å². The van der Waals surface area contributed by atoms with Gasteiger partial charge in [-0.05, 0) is 17.0 Å². The molecule has 1 aromatic carbocycles. The average Bonchev–Trinajstić information content (AvgIpc) is 2.27. The molecule has 1 rings (SSSR count). The second-order valence-corrected chi connectivity index (χ2v) is 6.01. The van der Waals surface area contributed by atoms with E-state index in [1.165, 1.54) is 5.56 Å². The van der Waals surface area contributed by atoms with E-state index >= 15 is 0 Å². The molecule has 0 unspecified atom stereocenters. The van der Waals surface area contributed by atoms with Gasteiger partial charge in [0.05, 0.1) is 27.4 Å². The molecule has 0 saturated heterocycles. The molecule has 5 heteroatoms. The van der Waals surface area contributed by atoms with Gasteiger partial charge in [-0.25, -0.2) is 0 Å². The highest BCUT2D eigenvalue weighted by atomic mass is 35.5. The molecule has 0 atom stereocenters. The van der Waals surface area contributed by atoms with E-state index < -0.39 is 0 Å². The normalized spacial score (nSPS) is 12.8. The summed E-state index contributed by atoms with van der Waals surface area (Å²) in [6.45, 7) is 4.66. The largest absolute Gasteiger partial charge is 0.857 e. The molecule has 1 aromatic rings. The van der Waals surface area contributed by atoms with Crippen molar-refractivity contribution in [2.75, 3.05) is 27.7 Å². The van der Waals surface area contributed by atoms with Crippen LogP contribution in [0.5, 0.6) is 0 Å². The lowest BCUT2D eigenvalue weighted by molar-refractivity contribution is -0.863. The van der Waals surface area contributed by atoms with Gasteiger partial charge in [0.2, 0.25) is 0 Å². The molecule has 112 valence electrons. The number of quaternary nitrogens is 1. The zero-order chi connectivity index (χ0) is 14.5. The van der Waals surface area contributed by atoms with E-state index in [9.17, 15) is 5.11 Å². The molecule has 0 N–H and O–H groups in total. The fourth-order valence-corrected chi connectivity index (χ4v) is 1.56. The fraction of sp³-hybridized carbons (Fsp3) is 0.467. The first-order valence-corrected chi connectivity index (χ1v) is 6.45. The summed E-state index contributed by atoms with van der Waals surface area (Å²) < 4.78 is 0.556. The molecule has 0 bridgehead atoms. The molecule has 4 nitrogen and oxygen atoms in total. The van der Waals surface area contributed by atoms with Gasteiger partial charge < -0.3 is 9.59 Å². The lowest BCUT2D eigenvalue weighted by atomic mass is 10.0. The van der Waals surface area contributed by atoms with Crippen LogP contribution in [0.15, 0.2) is 34.5 Å². The van der Waals surface area contributed by atoms with Crippen LogP contribution in [-0.4, -0.2) is 44.3 Å². The van der Waals surface area contributed by atoms with Gasteiger partial charge in [-0.15, -0.1) is 12.4 Å². The Labute approximate surface area is 127 Å². The lowest BCUT2D eigenvalue weighted by Gasteiger charge is -2.25. The number of halogens is 1. The SMILES string of the molecule is CC(C)c1ccc(C=N/N=C(\[O-])C[N+](C)(C)C)cc1.Cl. The number of rotatable bonds is 5. The highest BCUT2D eigenvalue weighted by Gasteiger charge is 2.05. The smallest absolute Gasteiger partial charge is 0.109 e.